The predicted octanol–water partition coefficient (Wildman–Crippen LogP) is 2.92. The van der Waals surface area contributed by atoms with Gasteiger partial charge in [-0.3, -0.25) is 10.1 Å². The Morgan fingerprint density at radius 1 is 1.30 bits per heavy atom. The summed E-state index contributed by atoms with van der Waals surface area (Å²) in [5.41, 5.74) is 1.18. The number of benzene rings is 2. The monoisotopic (exact) mass is 274 g/mol. The lowest BCUT2D eigenvalue weighted by atomic mass is 10.2. The van der Waals surface area contributed by atoms with Crippen molar-refractivity contribution in [3.8, 4) is 11.5 Å². The first-order chi connectivity index (χ1) is 9.61. The second kappa shape index (κ2) is 5.92. The van der Waals surface area contributed by atoms with E-state index in [4.69, 9.17) is 4.74 Å². The zero-order valence-corrected chi connectivity index (χ0v) is 10.9. The lowest BCUT2D eigenvalue weighted by Crippen LogP contribution is -2.02. The molecular formula is C14H14N2O4. The molecule has 0 radical (unpaired) electrons. The quantitative estimate of drug-likeness (QED) is 0.646. The molecule has 0 heterocycles. The highest BCUT2D eigenvalue weighted by molar-refractivity contribution is 5.61. The molecule has 0 aliphatic heterocycles. The van der Waals surface area contributed by atoms with Crippen LogP contribution in [0.5, 0.6) is 11.5 Å². The van der Waals surface area contributed by atoms with Gasteiger partial charge in [0.2, 0.25) is 0 Å². The number of hydrogen-bond donors (Lipinski definition) is 2. The summed E-state index contributed by atoms with van der Waals surface area (Å²) in [5, 5.41) is 23.5. The van der Waals surface area contributed by atoms with Crippen LogP contribution in [-0.2, 0) is 6.54 Å². The van der Waals surface area contributed by atoms with Crippen molar-refractivity contribution in [3.05, 3.63) is 58.1 Å². The van der Waals surface area contributed by atoms with E-state index in [1.54, 1.807) is 24.3 Å². The molecule has 2 aromatic carbocycles. The molecule has 0 bridgehead atoms. The minimum absolute atomic E-state index is 0.0226. The van der Waals surface area contributed by atoms with Crippen LogP contribution in [0, 0.1) is 10.1 Å². The third-order valence-electron chi connectivity index (χ3n) is 2.85. The van der Waals surface area contributed by atoms with Crippen LogP contribution >= 0.6 is 0 Å². The Balaban J connectivity index is 2.22. The summed E-state index contributed by atoms with van der Waals surface area (Å²) in [6, 6.07) is 11.2. The summed E-state index contributed by atoms with van der Waals surface area (Å²) < 4.78 is 5.15. The number of ether oxygens (including phenoxy) is 1. The van der Waals surface area contributed by atoms with Crippen molar-refractivity contribution in [2.75, 3.05) is 12.4 Å². The number of hydrogen-bond acceptors (Lipinski definition) is 5. The first kappa shape index (κ1) is 13.7. The van der Waals surface area contributed by atoms with Gasteiger partial charge in [0.25, 0.3) is 5.69 Å². The number of nitro groups is 1. The van der Waals surface area contributed by atoms with Crippen molar-refractivity contribution in [2.24, 2.45) is 0 Å². The maximum absolute atomic E-state index is 10.8. The van der Waals surface area contributed by atoms with Crippen LogP contribution in [0.25, 0.3) is 0 Å². The fourth-order valence-electron chi connectivity index (χ4n) is 1.80. The molecule has 0 aliphatic carbocycles. The maximum atomic E-state index is 10.8. The first-order valence-electron chi connectivity index (χ1n) is 5.95. The number of nitrogens with zero attached hydrogens (tertiary/aromatic N) is 1. The van der Waals surface area contributed by atoms with E-state index in [-0.39, 0.29) is 11.4 Å². The topological polar surface area (TPSA) is 84.6 Å². The molecule has 0 aliphatic rings. The van der Waals surface area contributed by atoms with Crippen molar-refractivity contribution in [2.45, 2.75) is 6.54 Å². The lowest BCUT2D eigenvalue weighted by molar-refractivity contribution is -0.384. The second-order valence-electron chi connectivity index (χ2n) is 4.12. The molecule has 0 atom stereocenters. The van der Waals surface area contributed by atoms with Crippen molar-refractivity contribution in [1.82, 2.24) is 0 Å². The number of para-hydroxylation sites is 1. The minimum Gasteiger partial charge on any atom is -0.508 e. The van der Waals surface area contributed by atoms with E-state index in [9.17, 15) is 15.2 Å². The maximum Gasteiger partial charge on any atom is 0.271 e. The van der Waals surface area contributed by atoms with Gasteiger partial charge in [0.05, 0.1) is 17.7 Å². The number of nitro benzene ring substituents is 1. The molecule has 0 saturated heterocycles. The molecule has 0 fully saturated rings. The van der Waals surface area contributed by atoms with Crippen LogP contribution in [0.4, 0.5) is 11.4 Å². The standard InChI is InChI=1S/C14H14N2O4/c1-20-14-7-6-11(16(18)19)8-12(14)15-9-10-4-2-3-5-13(10)17/h2-8,15,17H,9H2,1H3. The second-order valence-corrected chi connectivity index (χ2v) is 4.12. The van der Waals surface area contributed by atoms with Crippen LogP contribution in [-0.4, -0.2) is 17.1 Å². The number of rotatable bonds is 5. The Bertz CT molecular complexity index is 628. The van der Waals surface area contributed by atoms with Gasteiger partial charge in [0.1, 0.15) is 11.5 Å². The molecule has 0 aromatic heterocycles. The van der Waals surface area contributed by atoms with E-state index < -0.39 is 4.92 Å². The number of aromatic hydroxyl groups is 1. The SMILES string of the molecule is COc1ccc([N+](=O)[O-])cc1NCc1ccccc1O. The molecule has 104 valence electrons. The zero-order chi connectivity index (χ0) is 14.5. The van der Waals surface area contributed by atoms with Crippen LogP contribution < -0.4 is 10.1 Å². The number of phenols is 1. The van der Waals surface area contributed by atoms with E-state index in [0.717, 1.165) is 0 Å². The highest BCUT2D eigenvalue weighted by Crippen LogP contribution is 2.29. The average molecular weight is 274 g/mol. The minimum atomic E-state index is -0.468. The Morgan fingerprint density at radius 2 is 2.05 bits per heavy atom. The van der Waals surface area contributed by atoms with Gasteiger partial charge in [-0.15, -0.1) is 0 Å². The number of phenolic OH excluding ortho intramolecular Hbond substituents is 1. The van der Waals surface area contributed by atoms with Crippen LogP contribution in [0.1, 0.15) is 5.56 Å². The smallest absolute Gasteiger partial charge is 0.271 e. The molecule has 0 saturated carbocycles. The highest BCUT2D eigenvalue weighted by atomic mass is 16.6. The van der Waals surface area contributed by atoms with Crippen molar-refractivity contribution >= 4 is 11.4 Å². The Morgan fingerprint density at radius 3 is 2.70 bits per heavy atom. The van der Waals surface area contributed by atoms with Crippen molar-refractivity contribution in [3.63, 3.8) is 0 Å². The summed E-state index contributed by atoms with van der Waals surface area (Å²) >= 11 is 0. The third kappa shape index (κ3) is 2.97. The van der Waals surface area contributed by atoms with Crippen molar-refractivity contribution in [1.29, 1.82) is 0 Å². The van der Waals surface area contributed by atoms with E-state index >= 15 is 0 Å². The Hall–Kier alpha value is -2.76. The van der Waals surface area contributed by atoms with Crippen LogP contribution in [0.2, 0.25) is 0 Å². The highest BCUT2D eigenvalue weighted by Gasteiger charge is 2.11. The molecule has 2 aromatic rings. The molecule has 6 nitrogen and oxygen atoms in total. The number of nitrogens with one attached hydrogen (secondary N) is 1. The van der Waals surface area contributed by atoms with Gasteiger partial charge in [-0.05, 0) is 12.1 Å². The molecule has 20 heavy (non-hydrogen) atoms. The van der Waals surface area contributed by atoms with E-state index in [2.05, 4.69) is 5.32 Å². The van der Waals surface area contributed by atoms with E-state index in [1.165, 1.54) is 25.3 Å². The van der Waals surface area contributed by atoms with Crippen molar-refractivity contribution < 1.29 is 14.8 Å². The first-order valence-corrected chi connectivity index (χ1v) is 5.95. The molecule has 2 rings (SSSR count). The number of methoxy groups -OCH3 is 1. The van der Waals surface area contributed by atoms with Gasteiger partial charge in [-0.25, -0.2) is 0 Å². The largest absolute Gasteiger partial charge is 0.508 e. The molecule has 2 N–H and O–H groups in total. The van der Waals surface area contributed by atoms with Gasteiger partial charge in [0.15, 0.2) is 0 Å². The van der Waals surface area contributed by atoms with Crippen LogP contribution in [0.15, 0.2) is 42.5 Å². The molecule has 6 heteroatoms. The fourth-order valence-corrected chi connectivity index (χ4v) is 1.80. The van der Waals surface area contributed by atoms with Gasteiger partial charge in [-0.2, -0.15) is 0 Å². The zero-order valence-electron chi connectivity index (χ0n) is 10.9. The van der Waals surface area contributed by atoms with E-state index in [0.29, 0.717) is 23.5 Å². The molecule has 0 unspecified atom stereocenters. The summed E-state index contributed by atoms with van der Waals surface area (Å²) in [5.74, 6) is 0.676. The summed E-state index contributed by atoms with van der Waals surface area (Å²) in [6.07, 6.45) is 0. The Kier molecular flexibility index (Phi) is 4.05. The molecule has 0 spiro atoms. The average Bonchev–Trinajstić information content (AvgIpc) is 2.46. The summed E-state index contributed by atoms with van der Waals surface area (Å²) in [7, 11) is 1.49. The van der Waals surface area contributed by atoms with E-state index in [1.807, 2.05) is 0 Å². The summed E-state index contributed by atoms with van der Waals surface area (Å²) in [6.45, 7) is 0.338. The van der Waals surface area contributed by atoms with Gasteiger partial charge in [-0.1, -0.05) is 18.2 Å². The van der Waals surface area contributed by atoms with Gasteiger partial charge in [0, 0.05) is 24.2 Å². The molecular weight excluding hydrogens is 260 g/mol. The summed E-state index contributed by atoms with van der Waals surface area (Å²) in [4.78, 5) is 10.3. The van der Waals surface area contributed by atoms with Crippen LogP contribution in [0.3, 0.4) is 0 Å². The van der Waals surface area contributed by atoms with Gasteiger partial charge < -0.3 is 15.2 Å². The molecule has 0 amide bonds. The normalized spacial score (nSPS) is 10.1. The van der Waals surface area contributed by atoms with Gasteiger partial charge >= 0.3 is 0 Å². The Labute approximate surface area is 115 Å². The lowest BCUT2D eigenvalue weighted by Gasteiger charge is -2.11. The number of anilines is 1. The fraction of sp³-hybridized carbons (Fsp3) is 0.143. The third-order valence-corrected chi connectivity index (χ3v) is 2.85. The predicted molar refractivity (Wildman–Crippen MR) is 75.1 cm³/mol. The number of non-ortho nitro benzene ring substituents is 1.